The highest BCUT2D eigenvalue weighted by atomic mass is 16.4. The summed E-state index contributed by atoms with van der Waals surface area (Å²) in [4.78, 5) is 52.3. The van der Waals surface area contributed by atoms with Gasteiger partial charge in [0.1, 0.15) is 6.04 Å². The zero-order valence-electron chi connectivity index (χ0n) is 14.8. The van der Waals surface area contributed by atoms with Crippen LogP contribution in [0.15, 0.2) is 24.3 Å². The molecule has 3 rings (SSSR count). The number of hydrogen-bond donors (Lipinski definition) is 1. The van der Waals surface area contributed by atoms with E-state index in [1.54, 1.807) is 43.0 Å². The van der Waals surface area contributed by atoms with Crippen LogP contribution in [0.4, 0.5) is 0 Å². The molecule has 1 aromatic carbocycles. The van der Waals surface area contributed by atoms with Crippen LogP contribution in [0.3, 0.4) is 0 Å². The lowest BCUT2D eigenvalue weighted by Crippen LogP contribution is -2.55. The first kappa shape index (κ1) is 18.1. The molecule has 1 saturated heterocycles. The van der Waals surface area contributed by atoms with Gasteiger partial charge in [-0.2, -0.15) is 0 Å². The monoisotopic (exact) mass is 358 g/mol. The number of likely N-dealkylation sites (tertiary alicyclic amines) is 1. The number of fused-ring (bicyclic) bond motifs is 1. The van der Waals surface area contributed by atoms with Crippen molar-refractivity contribution < 1.29 is 24.3 Å². The number of piperidine rings is 1. The van der Waals surface area contributed by atoms with Crippen LogP contribution in [0.2, 0.25) is 0 Å². The first-order chi connectivity index (χ1) is 12.3. The minimum Gasteiger partial charge on any atom is -0.481 e. The molecule has 1 atom stereocenters. The zero-order chi connectivity index (χ0) is 19.0. The molecule has 0 spiro atoms. The van der Waals surface area contributed by atoms with Crippen LogP contribution in [-0.4, -0.2) is 57.7 Å². The van der Waals surface area contributed by atoms with E-state index in [0.29, 0.717) is 37.1 Å². The summed E-state index contributed by atoms with van der Waals surface area (Å²) in [5.41, 5.74) is 0.640. The number of imide groups is 1. The number of hydrogen-bond acceptors (Lipinski definition) is 4. The number of amides is 3. The molecule has 3 amide bonds. The standard InChI is InChI=1S/C19H22N2O5/c1-11(2)15(18(24)20-9-7-12(8-10-20)19(25)26)21-16(22)13-5-3-4-6-14(13)17(21)23/h3-6,11-12,15H,7-10H2,1-2H3,(H,25,26). The van der Waals surface area contributed by atoms with Crippen molar-refractivity contribution in [3.63, 3.8) is 0 Å². The Bertz CT molecular complexity index is 730. The summed E-state index contributed by atoms with van der Waals surface area (Å²) in [6, 6.07) is 5.68. The van der Waals surface area contributed by atoms with E-state index in [-0.39, 0.29) is 11.8 Å². The summed E-state index contributed by atoms with van der Waals surface area (Å²) in [5, 5.41) is 9.10. The van der Waals surface area contributed by atoms with Gasteiger partial charge in [-0.15, -0.1) is 0 Å². The topological polar surface area (TPSA) is 95.0 Å². The average molecular weight is 358 g/mol. The summed E-state index contributed by atoms with van der Waals surface area (Å²) in [7, 11) is 0. The molecule has 2 aliphatic rings. The molecule has 1 aromatic rings. The number of nitrogens with zero attached hydrogens (tertiary/aromatic N) is 2. The predicted molar refractivity (Wildman–Crippen MR) is 92.5 cm³/mol. The van der Waals surface area contributed by atoms with Gasteiger partial charge >= 0.3 is 5.97 Å². The van der Waals surface area contributed by atoms with Crippen LogP contribution in [0, 0.1) is 11.8 Å². The Morgan fingerprint density at radius 2 is 1.54 bits per heavy atom. The van der Waals surface area contributed by atoms with Crippen molar-refractivity contribution in [3.05, 3.63) is 35.4 Å². The first-order valence-electron chi connectivity index (χ1n) is 8.81. The van der Waals surface area contributed by atoms with Gasteiger partial charge in [-0.3, -0.25) is 24.1 Å². The van der Waals surface area contributed by atoms with Crippen molar-refractivity contribution in [1.29, 1.82) is 0 Å². The molecule has 2 aliphatic heterocycles. The van der Waals surface area contributed by atoms with Gasteiger partial charge in [0.05, 0.1) is 17.0 Å². The highest BCUT2D eigenvalue weighted by Gasteiger charge is 2.45. The fourth-order valence-electron chi connectivity index (χ4n) is 3.69. The van der Waals surface area contributed by atoms with Gasteiger partial charge in [0.2, 0.25) is 5.91 Å². The maximum absolute atomic E-state index is 13.1. The number of aliphatic carboxylic acids is 1. The van der Waals surface area contributed by atoms with Crippen molar-refractivity contribution in [2.45, 2.75) is 32.7 Å². The minimum absolute atomic E-state index is 0.248. The third-order valence-corrected chi connectivity index (χ3v) is 5.14. The molecule has 0 aromatic heterocycles. The molecule has 2 heterocycles. The van der Waals surface area contributed by atoms with Crippen molar-refractivity contribution in [1.82, 2.24) is 9.80 Å². The van der Waals surface area contributed by atoms with E-state index in [1.807, 2.05) is 0 Å². The summed E-state index contributed by atoms with van der Waals surface area (Å²) in [6.45, 7) is 4.25. The zero-order valence-corrected chi connectivity index (χ0v) is 14.8. The van der Waals surface area contributed by atoms with Crippen LogP contribution in [0.25, 0.3) is 0 Å². The number of carbonyl (C=O) groups excluding carboxylic acids is 3. The van der Waals surface area contributed by atoms with Crippen LogP contribution < -0.4 is 0 Å². The highest BCUT2D eigenvalue weighted by molar-refractivity contribution is 6.22. The Hall–Kier alpha value is -2.70. The van der Waals surface area contributed by atoms with Gasteiger partial charge in [0.15, 0.2) is 0 Å². The quantitative estimate of drug-likeness (QED) is 0.826. The molecule has 26 heavy (non-hydrogen) atoms. The lowest BCUT2D eigenvalue weighted by Gasteiger charge is -2.36. The number of benzene rings is 1. The van der Waals surface area contributed by atoms with E-state index >= 15 is 0 Å². The summed E-state index contributed by atoms with van der Waals surface area (Å²) >= 11 is 0. The maximum atomic E-state index is 13.1. The molecule has 1 N–H and O–H groups in total. The normalized spacial score (nSPS) is 19.0. The van der Waals surface area contributed by atoms with Gasteiger partial charge in [0.25, 0.3) is 11.8 Å². The van der Waals surface area contributed by atoms with E-state index in [1.165, 1.54) is 0 Å². The van der Waals surface area contributed by atoms with Crippen LogP contribution in [-0.2, 0) is 9.59 Å². The molecule has 138 valence electrons. The van der Waals surface area contributed by atoms with Crippen molar-refractivity contribution in [2.75, 3.05) is 13.1 Å². The van der Waals surface area contributed by atoms with E-state index in [9.17, 15) is 19.2 Å². The number of rotatable bonds is 4. The molecule has 0 saturated carbocycles. The van der Waals surface area contributed by atoms with Crippen molar-refractivity contribution in [3.8, 4) is 0 Å². The SMILES string of the molecule is CC(C)C(C(=O)N1CCC(C(=O)O)CC1)N1C(=O)c2ccccc2C1=O. The second kappa shape index (κ2) is 6.90. The van der Waals surface area contributed by atoms with E-state index in [2.05, 4.69) is 0 Å². The van der Waals surface area contributed by atoms with Gasteiger partial charge in [-0.05, 0) is 30.9 Å². The van der Waals surface area contributed by atoms with Crippen molar-refractivity contribution in [2.24, 2.45) is 11.8 Å². The summed E-state index contributed by atoms with van der Waals surface area (Å²) in [5.74, 6) is -2.73. The van der Waals surface area contributed by atoms with Gasteiger partial charge in [-0.1, -0.05) is 26.0 Å². The Morgan fingerprint density at radius 3 is 1.96 bits per heavy atom. The lowest BCUT2D eigenvalue weighted by atomic mass is 9.94. The second-order valence-corrected chi connectivity index (χ2v) is 7.15. The molecule has 7 nitrogen and oxygen atoms in total. The lowest BCUT2D eigenvalue weighted by molar-refractivity contribution is -0.147. The van der Waals surface area contributed by atoms with Gasteiger partial charge in [-0.25, -0.2) is 0 Å². The van der Waals surface area contributed by atoms with Crippen LogP contribution in [0.1, 0.15) is 47.4 Å². The Balaban J connectivity index is 1.83. The summed E-state index contributed by atoms with van der Waals surface area (Å²) in [6.07, 6.45) is 0.766. The third-order valence-electron chi connectivity index (χ3n) is 5.14. The minimum atomic E-state index is -0.885. The smallest absolute Gasteiger partial charge is 0.306 e. The molecule has 1 unspecified atom stereocenters. The third kappa shape index (κ3) is 2.98. The van der Waals surface area contributed by atoms with Crippen LogP contribution >= 0.6 is 0 Å². The fraction of sp³-hybridized carbons (Fsp3) is 0.474. The Morgan fingerprint density at radius 1 is 1.04 bits per heavy atom. The summed E-state index contributed by atoms with van der Waals surface area (Å²) < 4.78 is 0. The highest BCUT2D eigenvalue weighted by Crippen LogP contribution is 2.29. The fourth-order valence-corrected chi connectivity index (χ4v) is 3.69. The Kier molecular flexibility index (Phi) is 4.80. The van der Waals surface area contributed by atoms with Crippen molar-refractivity contribution >= 4 is 23.7 Å². The second-order valence-electron chi connectivity index (χ2n) is 7.15. The number of carboxylic acid groups (broad SMARTS) is 1. The van der Waals surface area contributed by atoms with Gasteiger partial charge < -0.3 is 10.0 Å². The van der Waals surface area contributed by atoms with Gasteiger partial charge in [0, 0.05) is 13.1 Å². The van der Waals surface area contributed by atoms with E-state index < -0.39 is 29.7 Å². The predicted octanol–water partition coefficient (Wildman–Crippen LogP) is 1.63. The molecule has 0 aliphatic carbocycles. The molecule has 0 radical (unpaired) electrons. The maximum Gasteiger partial charge on any atom is 0.306 e. The number of carboxylic acids is 1. The number of carbonyl (C=O) groups is 4. The average Bonchev–Trinajstić information content (AvgIpc) is 2.87. The molecule has 7 heteroatoms. The van der Waals surface area contributed by atoms with E-state index in [4.69, 9.17) is 5.11 Å². The first-order valence-corrected chi connectivity index (χ1v) is 8.81. The largest absolute Gasteiger partial charge is 0.481 e. The Labute approximate surface area is 151 Å². The molecular formula is C19H22N2O5. The molecular weight excluding hydrogens is 336 g/mol. The van der Waals surface area contributed by atoms with Crippen LogP contribution in [0.5, 0.6) is 0 Å². The van der Waals surface area contributed by atoms with E-state index in [0.717, 1.165) is 4.90 Å². The molecule has 0 bridgehead atoms. The molecule has 1 fully saturated rings.